The van der Waals surface area contributed by atoms with E-state index in [1.54, 1.807) is 6.08 Å². The van der Waals surface area contributed by atoms with Crippen molar-refractivity contribution in [3.63, 3.8) is 0 Å². The Morgan fingerprint density at radius 3 is 2.29 bits per heavy atom. The first-order valence-corrected chi connectivity index (χ1v) is 6.85. The number of benzene rings is 2. The Balaban J connectivity index is 2.05. The molecule has 0 amide bonds. The molecule has 0 radical (unpaired) electrons. The third-order valence-electron chi connectivity index (χ3n) is 3.50. The predicted molar refractivity (Wildman–Crippen MR) is 89.0 cm³/mol. The van der Waals surface area contributed by atoms with Crippen molar-refractivity contribution in [2.24, 2.45) is 5.73 Å². The average Bonchev–Trinajstić information content (AvgIpc) is 2.56. The molecule has 0 unspecified atom stereocenters. The molecule has 0 saturated heterocycles. The maximum Gasteiger partial charge on any atom is 0.0633 e. The summed E-state index contributed by atoms with van der Waals surface area (Å²) >= 11 is 0. The molecular weight excluding hydrogens is 256 g/mol. The number of nitrogens with two attached hydrogens (primary N) is 1. The third-order valence-corrected chi connectivity index (χ3v) is 3.50. The summed E-state index contributed by atoms with van der Waals surface area (Å²) in [4.78, 5) is 0. The Kier molecular flexibility index (Phi) is 3.52. The second-order valence-corrected chi connectivity index (χ2v) is 4.91. The van der Waals surface area contributed by atoms with Crippen LogP contribution in [0.25, 0.3) is 16.8 Å². The minimum atomic E-state index is 0.445. The number of hydrogen-bond donors (Lipinski definition) is 2. The van der Waals surface area contributed by atoms with E-state index in [2.05, 4.69) is 24.3 Å². The lowest BCUT2D eigenvalue weighted by atomic mass is 9.97. The topological polar surface area (TPSA) is 49.9 Å². The van der Waals surface area contributed by atoms with Gasteiger partial charge >= 0.3 is 0 Å². The van der Waals surface area contributed by atoms with Gasteiger partial charge in [0.15, 0.2) is 0 Å². The van der Waals surface area contributed by atoms with Crippen LogP contribution >= 0.6 is 0 Å². The largest absolute Gasteiger partial charge is 0.398 e. The fourth-order valence-electron chi connectivity index (χ4n) is 2.37. The van der Waals surface area contributed by atoms with Crippen LogP contribution in [-0.4, -0.2) is 5.71 Å². The van der Waals surface area contributed by atoms with Gasteiger partial charge in [0.2, 0.25) is 0 Å². The molecule has 2 aromatic rings. The van der Waals surface area contributed by atoms with E-state index in [0.29, 0.717) is 11.4 Å². The molecule has 0 aliphatic heterocycles. The van der Waals surface area contributed by atoms with Crippen LogP contribution in [0, 0.1) is 5.41 Å². The van der Waals surface area contributed by atoms with Crippen molar-refractivity contribution < 1.29 is 0 Å². The minimum Gasteiger partial charge on any atom is -0.398 e. The lowest BCUT2D eigenvalue weighted by Gasteiger charge is -2.11. The van der Waals surface area contributed by atoms with E-state index >= 15 is 0 Å². The van der Waals surface area contributed by atoms with Gasteiger partial charge in [0.25, 0.3) is 0 Å². The van der Waals surface area contributed by atoms with Gasteiger partial charge in [-0.05, 0) is 28.8 Å². The lowest BCUT2D eigenvalue weighted by Crippen LogP contribution is -2.08. The van der Waals surface area contributed by atoms with Crippen molar-refractivity contribution in [3.05, 3.63) is 90.0 Å². The van der Waals surface area contributed by atoms with Crippen molar-refractivity contribution in [2.45, 2.75) is 0 Å². The molecule has 0 heterocycles. The predicted octanol–water partition coefficient (Wildman–Crippen LogP) is 4.17. The molecule has 2 nitrogen and oxygen atoms in total. The summed E-state index contributed by atoms with van der Waals surface area (Å²) in [6.07, 6.45) is 7.39. The molecule has 0 aromatic heterocycles. The van der Waals surface area contributed by atoms with Crippen LogP contribution in [-0.2, 0) is 0 Å². The summed E-state index contributed by atoms with van der Waals surface area (Å²) < 4.78 is 0. The van der Waals surface area contributed by atoms with E-state index in [4.69, 9.17) is 11.1 Å². The molecule has 1 aliphatic rings. The number of rotatable bonds is 2. The van der Waals surface area contributed by atoms with Crippen LogP contribution in [0.3, 0.4) is 0 Å². The summed E-state index contributed by atoms with van der Waals surface area (Å²) in [5, 5.41) is 7.97. The molecule has 0 saturated carbocycles. The molecule has 3 N–H and O–H groups in total. The van der Waals surface area contributed by atoms with Crippen molar-refractivity contribution in [2.75, 3.05) is 0 Å². The second kappa shape index (κ2) is 5.63. The fourth-order valence-corrected chi connectivity index (χ4v) is 2.37. The highest BCUT2D eigenvalue weighted by molar-refractivity contribution is 6.14. The number of allylic oxidation sites excluding steroid dienone is 5. The Bertz CT molecular complexity index is 765. The quantitative estimate of drug-likeness (QED) is 0.847. The highest BCUT2D eigenvalue weighted by Gasteiger charge is 2.09. The van der Waals surface area contributed by atoms with Crippen LogP contribution in [0.2, 0.25) is 0 Å². The van der Waals surface area contributed by atoms with Gasteiger partial charge in [-0.2, -0.15) is 0 Å². The summed E-state index contributed by atoms with van der Waals surface area (Å²) in [7, 11) is 0. The first-order valence-electron chi connectivity index (χ1n) is 6.85. The van der Waals surface area contributed by atoms with Gasteiger partial charge in [0.05, 0.1) is 5.71 Å². The van der Waals surface area contributed by atoms with Crippen molar-refractivity contribution in [1.29, 1.82) is 5.41 Å². The molecule has 0 fully saturated rings. The zero-order valence-corrected chi connectivity index (χ0v) is 11.6. The monoisotopic (exact) mass is 272 g/mol. The minimum absolute atomic E-state index is 0.445. The molecule has 0 atom stereocenters. The standard InChI is InChI=1S/C19H16N2/c20-18-12-5-4-11-17(18)19(21)16-10-6-9-15(13-16)14-7-2-1-3-8-14/h1-13,20H,21H2/b19-17-,20-18?. The molecule has 3 rings (SSSR count). The zero-order valence-electron chi connectivity index (χ0n) is 11.6. The van der Waals surface area contributed by atoms with Gasteiger partial charge in [0, 0.05) is 11.3 Å². The zero-order chi connectivity index (χ0) is 14.7. The number of hydrogen-bond acceptors (Lipinski definition) is 2. The maximum absolute atomic E-state index is 7.97. The van der Waals surface area contributed by atoms with Gasteiger partial charge in [-0.3, -0.25) is 0 Å². The summed E-state index contributed by atoms with van der Waals surface area (Å²) in [5.74, 6) is 0. The van der Waals surface area contributed by atoms with E-state index in [1.165, 1.54) is 0 Å². The Morgan fingerprint density at radius 2 is 1.52 bits per heavy atom. The van der Waals surface area contributed by atoms with Crippen LogP contribution in [0.4, 0.5) is 0 Å². The highest BCUT2D eigenvalue weighted by atomic mass is 14.6. The van der Waals surface area contributed by atoms with Gasteiger partial charge in [0.1, 0.15) is 0 Å². The molecule has 2 aromatic carbocycles. The SMILES string of the molecule is N=C1C=CC=C/C1=C(/N)c1cccc(-c2ccccc2)c1. The molecule has 1 aliphatic carbocycles. The smallest absolute Gasteiger partial charge is 0.0633 e. The molecule has 2 heteroatoms. The summed E-state index contributed by atoms with van der Waals surface area (Å²) in [5.41, 5.74) is 11.3. The van der Waals surface area contributed by atoms with E-state index < -0.39 is 0 Å². The summed E-state index contributed by atoms with van der Waals surface area (Å²) in [6, 6.07) is 18.3. The third kappa shape index (κ3) is 2.70. The average molecular weight is 272 g/mol. The van der Waals surface area contributed by atoms with E-state index in [9.17, 15) is 0 Å². The lowest BCUT2D eigenvalue weighted by molar-refractivity contribution is 1.44. The van der Waals surface area contributed by atoms with Crippen LogP contribution in [0.1, 0.15) is 5.56 Å². The van der Waals surface area contributed by atoms with Crippen molar-refractivity contribution >= 4 is 11.4 Å². The molecular formula is C19H16N2. The van der Waals surface area contributed by atoms with Crippen LogP contribution in [0.15, 0.2) is 84.5 Å². The molecule has 0 bridgehead atoms. The van der Waals surface area contributed by atoms with Gasteiger partial charge in [-0.25, -0.2) is 0 Å². The maximum atomic E-state index is 7.97. The normalized spacial score (nSPS) is 16.1. The number of nitrogens with one attached hydrogen (secondary N) is 1. The van der Waals surface area contributed by atoms with Gasteiger partial charge in [-0.1, -0.05) is 66.8 Å². The fraction of sp³-hybridized carbons (Fsp3) is 0. The Hall–Kier alpha value is -2.87. The second-order valence-electron chi connectivity index (χ2n) is 4.91. The van der Waals surface area contributed by atoms with Crippen molar-refractivity contribution in [3.8, 4) is 11.1 Å². The van der Waals surface area contributed by atoms with Gasteiger partial charge in [-0.15, -0.1) is 0 Å². The van der Waals surface area contributed by atoms with E-state index in [-0.39, 0.29) is 0 Å². The first kappa shape index (κ1) is 13.1. The van der Waals surface area contributed by atoms with Crippen LogP contribution in [0.5, 0.6) is 0 Å². The molecule has 102 valence electrons. The van der Waals surface area contributed by atoms with Crippen molar-refractivity contribution in [1.82, 2.24) is 0 Å². The van der Waals surface area contributed by atoms with Crippen LogP contribution < -0.4 is 5.73 Å². The summed E-state index contributed by atoms with van der Waals surface area (Å²) in [6.45, 7) is 0. The van der Waals surface area contributed by atoms with E-state index in [0.717, 1.165) is 22.3 Å². The first-order chi connectivity index (χ1) is 10.3. The molecule has 21 heavy (non-hydrogen) atoms. The highest BCUT2D eigenvalue weighted by Crippen LogP contribution is 2.24. The Morgan fingerprint density at radius 1 is 0.810 bits per heavy atom. The Labute approximate surface area is 124 Å². The van der Waals surface area contributed by atoms with Gasteiger partial charge < -0.3 is 11.1 Å². The molecule has 0 spiro atoms. The van der Waals surface area contributed by atoms with E-state index in [1.807, 2.05) is 48.6 Å².